The van der Waals surface area contributed by atoms with E-state index in [9.17, 15) is 22.4 Å². The maximum atomic E-state index is 13.5. The molecule has 22 heavy (non-hydrogen) atoms. The standard InChI is InChI=1S/C13H16FNO6S/c1-7(2)11(12(16)17)15-22(19,20)10-5-8(13(18)21-3)4-9(14)6-10/h4-7,11,15H,1-3H3,(H,16,17)/t11-/m0/s1. The molecule has 0 amide bonds. The highest BCUT2D eigenvalue weighted by atomic mass is 32.2. The summed E-state index contributed by atoms with van der Waals surface area (Å²) in [6, 6.07) is 1.04. The summed E-state index contributed by atoms with van der Waals surface area (Å²) in [4.78, 5) is 21.9. The lowest BCUT2D eigenvalue weighted by Gasteiger charge is -2.18. The second-order valence-corrected chi connectivity index (χ2v) is 6.56. The number of halogens is 1. The number of carboxylic acid groups (broad SMARTS) is 1. The van der Waals surface area contributed by atoms with E-state index in [1.807, 2.05) is 4.72 Å². The van der Waals surface area contributed by atoms with Crippen LogP contribution in [0.4, 0.5) is 4.39 Å². The minimum atomic E-state index is -4.31. The third-order valence-corrected chi connectivity index (χ3v) is 4.24. The summed E-state index contributed by atoms with van der Waals surface area (Å²) in [5.74, 6) is -3.75. The first-order chi connectivity index (χ1) is 10.1. The molecule has 0 radical (unpaired) electrons. The van der Waals surface area contributed by atoms with Crippen molar-refractivity contribution in [1.29, 1.82) is 0 Å². The van der Waals surface area contributed by atoms with Crippen LogP contribution in [0, 0.1) is 11.7 Å². The highest BCUT2D eigenvalue weighted by molar-refractivity contribution is 7.89. The zero-order valence-corrected chi connectivity index (χ0v) is 13.0. The van der Waals surface area contributed by atoms with E-state index in [0.29, 0.717) is 6.07 Å². The molecule has 0 saturated carbocycles. The Morgan fingerprint density at radius 3 is 2.32 bits per heavy atom. The average molecular weight is 333 g/mol. The molecule has 9 heteroatoms. The molecule has 1 atom stereocenters. The first-order valence-corrected chi connectivity index (χ1v) is 7.71. The van der Waals surface area contributed by atoms with E-state index in [4.69, 9.17) is 5.11 Å². The van der Waals surface area contributed by atoms with E-state index >= 15 is 0 Å². The van der Waals surface area contributed by atoms with Gasteiger partial charge < -0.3 is 9.84 Å². The van der Waals surface area contributed by atoms with Crippen LogP contribution < -0.4 is 4.72 Å². The minimum Gasteiger partial charge on any atom is -0.480 e. The van der Waals surface area contributed by atoms with E-state index in [1.54, 1.807) is 0 Å². The molecule has 2 N–H and O–H groups in total. The Labute approximate surface area is 127 Å². The van der Waals surface area contributed by atoms with Crippen molar-refractivity contribution in [3.05, 3.63) is 29.6 Å². The summed E-state index contributed by atoms with van der Waals surface area (Å²) in [5.41, 5.74) is -0.292. The monoisotopic (exact) mass is 333 g/mol. The van der Waals surface area contributed by atoms with Crippen molar-refractivity contribution < 1.29 is 32.2 Å². The van der Waals surface area contributed by atoms with Gasteiger partial charge in [0, 0.05) is 0 Å². The summed E-state index contributed by atoms with van der Waals surface area (Å²) in [5, 5.41) is 9.01. The minimum absolute atomic E-state index is 0.292. The SMILES string of the molecule is COC(=O)c1cc(F)cc(S(=O)(=O)N[C@H](C(=O)O)C(C)C)c1. The highest BCUT2D eigenvalue weighted by Gasteiger charge is 2.28. The fourth-order valence-corrected chi connectivity index (χ4v) is 3.05. The molecule has 122 valence electrons. The molecular formula is C13H16FNO6S. The molecular weight excluding hydrogens is 317 g/mol. The third kappa shape index (κ3) is 4.25. The lowest BCUT2D eigenvalue weighted by molar-refractivity contribution is -0.140. The van der Waals surface area contributed by atoms with E-state index in [2.05, 4.69) is 4.74 Å². The molecule has 7 nitrogen and oxygen atoms in total. The van der Waals surface area contributed by atoms with Crippen molar-refractivity contribution in [3.8, 4) is 0 Å². The number of carboxylic acids is 1. The van der Waals surface area contributed by atoms with Crippen LogP contribution in [-0.4, -0.2) is 38.6 Å². The number of rotatable bonds is 6. The van der Waals surface area contributed by atoms with Crippen molar-refractivity contribution in [2.24, 2.45) is 5.92 Å². The van der Waals surface area contributed by atoms with Crippen molar-refractivity contribution >= 4 is 22.0 Å². The maximum Gasteiger partial charge on any atom is 0.337 e. The van der Waals surface area contributed by atoms with Gasteiger partial charge in [-0.2, -0.15) is 4.72 Å². The Hall–Kier alpha value is -2.00. The van der Waals surface area contributed by atoms with Gasteiger partial charge in [-0.3, -0.25) is 4.79 Å². The lowest BCUT2D eigenvalue weighted by Crippen LogP contribution is -2.44. The normalized spacial score (nSPS) is 13.0. The number of carbonyl (C=O) groups is 2. The molecule has 0 fully saturated rings. The second-order valence-electron chi connectivity index (χ2n) is 4.85. The Balaban J connectivity index is 3.25. The first kappa shape index (κ1) is 18.1. The van der Waals surface area contributed by atoms with Crippen LogP contribution in [0.15, 0.2) is 23.1 Å². The Morgan fingerprint density at radius 1 is 1.27 bits per heavy atom. The zero-order valence-electron chi connectivity index (χ0n) is 12.2. The quantitative estimate of drug-likeness (QED) is 0.752. The smallest absolute Gasteiger partial charge is 0.337 e. The van der Waals surface area contributed by atoms with Gasteiger partial charge in [-0.15, -0.1) is 0 Å². The van der Waals surface area contributed by atoms with Gasteiger partial charge in [-0.05, 0) is 24.1 Å². The molecule has 0 heterocycles. The van der Waals surface area contributed by atoms with Gasteiger partial charge in [0.25, 0.3) is 0 Å². The first-order valence-electron chi connectivity index (χ1n) is 6.22. The van der Waals surface area contributed by atoms with Gasteiger partial charge in [0.1, 0.15) is 11.9 Å². The summed E-state index contributed by atoms with van der Waals surface area (Å²) in [6.45, 7) is 3.04. The van der Waals surface area contributed by atoms with Crippen molar-refractivity contribution in [1.82, 2.24) is 4.72 Å². The van der Waals surface area contributed by atoms with Crippen molar-refractivity contribution in [2.45, 2.75) is 24.8 Å². The predicted octanol–water partition coefficient (Wildman–Crippen LogP) is 1.000. The fourth-order valence-electron chi connectivity index (χ4n) is 1.66. The lowest BCUT2D eigenvalue weighted by atomic mass is 10.1. The van der Waals surface area contributed by atoms with E-state index in [-0.39, 0.29) is 5.56 Å². The van der Waals surface area contributed by atoms with Gasteiger partial charge in [-0.25, -0.2) is 17.6 Å². The molecule has 0 aromatic heterocycles. The van der Waals surface area contributed by atoms with Crippen LogP contribution in [0.25, 0.3) is 0 Å². The summed E-state index contributed by atoms with van der Waals surface area (Å²) in [7, 11) is -3.25. The molecule has 0 aliphatic carbocycles. The summed E-state index contributed by atoms with van der Waals surface area (Å²) in [6.07, 6.45) is 0. The van der Waals surface area contributed by atoms with Crippen LogP contribution in [0.5, 0.6) is 0 Å². The molecule has 0 unspecified atom stereocenters. The van der Waals surface area contributed by atoms with Crippen molar-refractivity contribution in [2.75, 3.05) is 7.11 Å². The highest BCUT2D eigenvalue weighted by Crippen LogP contribution is 2.17. The van der Waals surface area contributed by atoms with Gasteiger partial charge in [0.15, 0.2) is 0 Å². The fraction of sp³-hybridized carbons (Fsp3) is 0.385. The van der Waals surface area contributed by atoms with Gasteiger partial charge >= 0.3 is 11.9 Å². The Bertz CT molecular complexity index is 686. The van der Waals surface area contributed by atoms with Crippen molar-refractivity contribution in [3.63, 3.8) is 0 Å². The largest absolute Gasteiger partial charge is 0.480 e. The van der Waals surface area contributed by atoms with Gasteiger partial charge in [-0.1, -0.05) is 13.8 Å². The molecule has 1 aromatic rings. The van der Waals surface area contributed by atoms with E-state index in [1.165, 1.54) is 13.8 Å². The number of hydrogen-bond acceptors (Lipinski definition) is 5. The number of sulfonamides is 1. The molecule has 0 aliphatic rings. The Morgan fingerprint density at radius 2 is 1.86 bits per heavy atom. The number of carbonyl (C=O) groups excluding carboxylic acids is 1. The van der Waals surface area contributed by atoms with Crippen LogP contribution >= 0.6 is 0 Å². The molecule has 1 rings (SSSR count). The topological polar surface area (TPSA) is 110 Å². The van der Waals surface area contributed by atoms with Crippen LogP contribution in [0.2, 0.25) is 0 Å². The second kappa shape index (κ2) is 6.84. The number of aliphatic carboxylic acids is 1. The van der Waals surface area contributed by atoms with Crippen LogP contribution in [-0.2, 0) is 19.6 Å². The zero-order chi connectivity index (χ0) is 17.1. The van der Waals surface area contributed by atoms with E-state index < -0.39 is 44.6 Å². The predicted molar refractivity (Wildman–Crippen MR) is 74.3 cm³/mol. The third-order valence-electron chi connectivity index (χ3n) is 2.82. The molecule has 1 aromatic carbocycles. The number of benzene rings is 1. The van der Waals surface area contributed by atoms with Crippen LogP contribution in [0.3, 0.4) is 0 Å². The Kier molecular flexibility index (Phi) is 5.61. The molecule has 0 aliphatic heterocycles. The number of methoxy groups -OCH3 is 1. The number of nitrogens with one attached hydrogen (secondary N) is 1. The summed E-state index contributed by atoms with van der Waals surface area (Å²) < 4.78 is 44.2. The molecule has 0 saturated heterocycles. The van der Waals surface area contributed by atoms with E-state index in [0.717, 1.165) is 19.2 Å². The average Bonchev–Trinajstić information content (AvgIpc) is 2.42. The summed E-state index contributed by atoms with van der Waals surface area (Å²) >= 11 is 0. The number of ether oxygens (including phenoxy) is 1. The molecule has 0 spiro atoms. The van der Waals surface area contributed by atoms with Gasteiger partial charge in [0.2, 0.25) is 10.0 Å². The number of hydrogen-bond donors (Lipinski definition) is 2. The van der Waals surface area contributed by atoms with Gasteiger partial charge in [0.05, 0.1) is 17.6 Å². The number of esters is 1. The molecule has 0 bridgehead atoms. The maximum absolute atomic E-state index is 13.5. The van der Waals surface area contributed by atoms with Crippen LogP contribution in [0.1, 0.15) is 24.2 Å².